The summed E-state index contributed by atoms with van der Waals surface area (Å²) in [4.78, 5) is 37.5. The second-order valence-electron chi connectivity index (χ2n) is 5.89. The highest BCUT2D eigenvalue weighted by molar-refractivity contribution is 9.10. The molecule has 7 heteroatoms. The van der Waals surface area contributed by atoms with E-state index < -0.39 is 0 Å². The Hall–Kier alpha value is -1.89. The monoisotopic (exact) mass is 395 g/mol. The maximum atomic E-state index is 12.6. The summed E-state index contributed by atoms with van der Waals surface area (Å²) >= 11 is 3.37. The Labute approximate surface area is 150 Å². The van der Waals surface area contributed by atoms with Crippen molar-refractivity contribution in [1.29, 1.82) is 0 Å². The number of rotatable bonds is 4. The van der Waals surface area contributed by atoms with Crippen molar-refractivity contribution >= 4 is 45.0 Å². The van der Waals surface area contributed by atoms with Crippen molar-refractivity contribution in [3.05, 3.63) is 22.7 Å². The number of carbonyl (C=O) groups is 3. The quantitative estimate of drug-likeness (QED) is 0.822. The van der Waals surface area contributed by atoms with Crippen LogP contribution in [-0.2, 0) is 14.4 Å². The number of hydrogen-bond acceptors (Lipinski definition) is 3. The first-order valence-corrected chi connectivity index (χ1v) is 8.85. The Kier molecular flexibility index (Phi) is 6.36. The van der Waals surface area contributed by atoms with E-state index in [0.29, 0.717) is 30.9 Å². The number of nitrogens with zero attached hydrogens (tertiary/aromatic N) is 1. The molecule has 0 aliphatic carbocycles. The van der Waals surface area contributed by atoms with Gasteiger partial charge in [-0.1, -0.05) is 22.9 Å². The van der Waals surface area contributed by atoms with Crippen LogP contribution in [0.4, 0.5) is 11.4 Å². The Morgan fingerprint density at radius 2 is 2.00 bits per heavy atom. The minimum Gasteiger partial charge on any atom is -0.342 e. The molecule has 2 rings (SSSR count). The third-order valence-corrected chi connectivity index (χ3v) is 4.49. The number of piperidine rings is 1. The molecule has 24 heavy (non-hydrogen) atoms. The van der Waals surface area contributed by atoms with Crippen molar-refractivity contribution < 1.29 is 14.4 Å². The van der Waals surface area contributed by atoms with Crippen LogP contribution in [0.5, 0.6) is 0 Å². The van der Waals surface area contributed by atoms with Crippen LogP contribution in [0.1, 0.15) is 33.1 Å². The van der Waals surface area contributed by atoms with E-state index in [1.807, 2.05) is 6.92 Å². The first kappa shape index (κ1) is 18.4. The minimum atomic E-state index is -0.238. The lowest BCUT2D eigenvalue weighted by Gasteiger charge is -2.32. The molecule has 2 N–H and O–H groups in total. The number of hydrogen-bond donors (Lipinski definition) is 2. The molecule has 3 amide bonds. The molecule has 1 atom stereocenters. The van der Waals surface area contributed by atoms with Gasteiger partial charge in [0.05, 0.1) is 17.3 Å². The molecule has 0 radical (unpaired) electrons. The van der Waals surface area contributed by atoms with Crippen LogP contribution in [0.25, 0.3) is 0 Å². The zero-order valence-electron chi connectivity index (χ0n) is 13.9. The summed E-state index contributed by atoms with van der Waals surface area (Å²) in [5.41, 5.74) is 1.10. The summed E-state index contributed by atoms with van der Waals surface area (Å²) < 4.78 is 0.804. The Balaban J connectivity index is 2.10. The molecule has 0 bridgehead atoms. The molecule has 1 saturated heterocycles. The molecular formula is C17H22BrN3O3. The van der Waals surface area contributed by atoms with Gasteiger partial charge in [-0.2, -0.15) is 0 Å². The van der Waals surface area contributed by atoms with E-state index in [1.54, 1.807) is 23.1 Å². The van der Waals surface area contributed by atoms with Gasteiger partial charge >= 0.3 is 0 Å². The van der Waals surface area contributed by atoms with E-state index >= 15 is 0 Å². The maximum Gasteiger partial charge on any atom is 0.229 e. The second-order valence-corrected chi connectivity index (χ2v) is 6.81. The van der Waals surface area contributed by atoms with Gasteiger partial charge < -0.3 is 15.5 Å². The summed E-state index contributed by atoms with van der Waals surface area (Å²) in [5, 5.41) is 5.59. The fourth-order valence-corrected chi connectivity index (χ4v) is 3.16. The summed E-state index contributed by atoms with van der Waals surface area (Å²) in [7, 11) is 0. The van der Waals surface area contributed by atoms with Gasteiger partial charge in [0.1, 0.15) is 0 Å². The van der Waals surface area contributed by atoms with E-state index in [1.165, 1.54) is 6.92 Å². The molecule has 1 fully saturated rings. The predicted octanol–water partition coefficient (Wildman–Crippen LogP) is 2.99. The lowest BCUT2D eigenvalue weighted by molar-refractivity contribution is -0.134. The average Bonchev–Trinajstić information content (AvgIpc) is 2.56. The van der Waals surface area contributed by atoms with Gasteiger partial charge in [0.2, 0.25) is 17.7 Å². The van der Waals surface area contributed by atoms with Crippen LogP contribution in [-0.4, -0.2) is 35.7 Å². The van der Waals surface area contributed by atoms with E-state index in [-0.39, 0.29) is 23.6 Å². The molecule has 1 aliphatic rings. The molecule has 130 valence electrons. The van der Waals surface area contributed by atoms with Crippen molar-refractivity contribution in [1.82, 2.24) is 4.90 Å². The zero-order valence-corrected chi connectivity index (χ0v) is 15.5. The second kappa shape index (κ2) is 8.28. The summed E-state index contributed by atoms with van der Waals surface area (Å²) in [6, 6.07) is 5.28. The van der Waals surface area contributed by atoms with E-state index in [9.17, 15) is 14.4 Å². The lowest BCUT2D eigenvalue weighted by Crippen LogP contribution is -2.43. The number of likely N-dealkylation sites (tertiary alicyclic amines) is 1. The van der Waals surface area contributed by atoms with Crippen LogP contribution in [0, 0.1) is 5.92 Å². The van der Waals surface area contributed by atoms with E-state index in [4.69, 9.17) is 0 Å². The van der Waals surface area contributed by atoms with Crippen LogP contribution in [0.2, 0.25) is 0 Å². The number of halogens is 1. The Bertz CT molecular complexity index is 648. The van der Waals surface area contributed by atoms with Gasteiger partial charge in [0.15, 0.2) is 0 Å². The smallest absolute Gasteiger partial charge is 0.229 e. The predicted molar refractivity (Wildman–Crippen MR) is 96.7 cm³/mol. The maximum absolute atomic E-state index is 12.6. The molecule has 1 heterocycles. The van der Waals surface area contributed by atoms with Crippen molar-refractivity contribution in [2.75, 3.05) is 23.7 Å². The number of nitrogens with one attached hydrogen (secondary N) is 2. The third-order valence-electron chi connectivity index (χ3n) is 4.00. The van der Waals surface area contributed by atoms with Crippen molar-refractivity contribution in [3.63, 3.8) is 0 Å². The normalized spacial score (nSPS) is 17.3. The Morgan fingerprint density at radius 1 is 1.25 bits per heavy atom. The molecule has 1 aromatic carbocycles. The summed E-state index contributed by atoms with van der Waals surface area (Å²) in [6.07, 6.45) is 2.02. The van der Waals surface area contributed by atoms with Crippen molar-refractivity contribution in [2.45, 2.75) is 33.1 Å². The van der Waals surface area contributed by atoms with Crippen LogP contribution in [0.15, 0.2) is 22.7 Å². The first-order chi connectivity index (χ1) is 11.4. The number of benzene rings is 1. The van der Waals surface area contributed by atoms with E-state index in [0.717, 1.165) is 17.3 Å². The molecule has 0 saturated carbocycles. The highest BCUT2D eigenvalue weighted by Crippen LogP contribution is 2.27. The largest absolute Gasteiger partial charge is 0.342 e. The standard InChI is InChI=1S/C17H22BrN3O3/c1-3-16(23)21-8-4-5-12(10-21)17(24)20-15-9-13(18)6-7-14(15)19-11(2)22/h6-7,9,12H,3-5,8,10H2,1-2H3,(H,19,22)(H,20,24). The van der Waals surface area contributed by atoms with E-state index in [2.05, 4.69) is 26.6 Å². The van der Waals surface area contributed by atoms with Crippen LogP contribution < -0.4 is 10.6 Å². The third kappa shape index (κ3) is 4.80. The number of amides is 3. The number of anilines is 2. The van der Waals surface area contributed by atoms with Gasteiger partial charge in [-0.15, -0.1) is 0 Å². The lowest BCUT2D eigenvalue weighted by atomic mass is 9.96. The highest BCUT2D eigenvalue weighted by atomic mass is 79.9. The first-order valence-electron chi connectivity index (χ1n) is 8.06. The van der Waals surface area contributed by atoms with Crippen molar-refractivity contribution in [3.8, 4) is 0 Å². The SMILES string of the molecule is CCC(=O)N1CCCC(C(=O)Nc2cc(Br)ccc2NC(C)=O)C1. The van der Waals surface area contributed by atoms with Gasteiger partial charge in [-0.3, -0.25) is 14.4 Å². The van der Waals surface area contributed by atoms with Gasteiger partial charge in [-0.05, 0) is 31.0 Å². The van der Waals surface area contributed by atoms with Gasteiger partial charge in [0, 0.05) is 30.9 Å². The summed E-state index contributed by atoms with van der Waals surface area (Å²) in [6.45, 7) is 4.41. The number of carbonyl (C=O) groups excluding carboxylic acids is 3. The minimum absolute atomic E-state index is 0.0777. The average molecular weight is 396 g/mol. The summed E-state index contributed by atoms with van der Waals surface area (Å²) in [5.74, 6) is -0.495. The molecule has 0 spiro atoms. The molecule has 1 unspecified atom stereocenters. The molecule has 1 aliphatic heterocycles. The topological polar surface area (TPSA) is 78.5 Å². The highest BCUT2D eigenvalue weighted by Gasteiger charge is 2.28. The zero-order chi connectivity index (χ0) is 17.7. The fourth-order valence-electron chi connectivity index (χ4n) is 2.79. The van der Waals surface area contributed by atoms with Crippen LogP contribution >= 0.6 is 15.9 Å². The fraction of sp³-hybridized carbons (Fsp3) is 0.471. The van der Waals surface area contributed by atoms with Gasteiger partial charge in [0.25, 0.3) is 0 Å². The Morgan fingerprint density at radius 3 is 2.67 bits per heavy atom. The molecule has 6 nitrogen and oxygen atoms in total. The van der Waals surface area contributed by atoms with Crippen LogP contribution in [0.3, 0.4) is 0 Å². The molecule has 1 aromatic rings. The van der Waals surface area contributed by atoms with Crippen molar-refractivity contribution in [2.24, 2.45) is 5.92 Å². The molecule has 0 aromatic heterocycles. The molecular weight excluding hydrogens is 374 g/mol. The van der Waals surface area contributed by atoms with Gasteiger partial charge in [-0.25, -0.2) is 0 Å².